The van der Waals surface area contributed by atoms with Crippen molar-refractivity contribution in [3.8, 4) is 0 Å². The van der Waals surface area contributed by atoms with Gasteiger partial charge in [0.25, 0.3) is 11.6 Å². The summed E-state index contributed by atoms with van der Waals surface area (Å²) in [5.41, 5.74) is 0.678. The third-order valence-electron chi connectivity index (χ3n) is 8.18. The fraction of sp³-hybridized carbons (Fsp3) is 0.400. The van der Waals surface area contributed by atoms with Crippen LogP contribution in [0.3, 0.4) is 0 Å². The summed E-state index contributed by atoms with van der Waals surface area (Å²) in [4.78, 5) is 58.0. The molecule has 4 aliphatic rings. The van der Waals surface area contributed by atoms with Gasteiger partial charge in [0.05, 0.1) is 28.0 Å². The standard InChI is InChI=1S/C25H24N4O5/c1-3-26-18-9-5-4-8-15(18)25(24(26)32)21-20(19-12-7-13-27(19)25)22(30)28(23(21)31)16-10-6-11-17(14(16)2)29(33)34/h4-6,8-11,19-21H,3,7,12-13H2,1-2H3/t19-,20-,21+,25-/m1/s1. The summed E-state index contributed by atoms with van der Waals surface area (Å²) in [6, 6.07) is 11.7. The van der Waals surface area contributed by atoms with Crippen LogP contribution in [-0.4, -0.2) is 46.7 Å². The van der Waals surface area contributed by atoms with E-state index in [1.54, 1.807) is 17.9 Å². The molecule has 0 N–H and O–H groups in total. The van der Waals surface area contributed by atoms with E-state index in [1.807, 2.05) is 31.2 Å². The summed E-state index contributed by atoms with van der Waals surface area (Å²) in [5.74, 6) is -2.51. The number of amides is 3. The van der Waals surface area contributed by atoms with Crippen LogP contribution in [0.2, 0.25) is 0 Å². The zero-order valence-electron chi connectivity index (χ0n) is 18.9. The van der Waals surface area contributed by atoms with Crippen molar-refractivity contribution in [3.63, 3.8) is 0 Å². The van der Waals surface area contributed by atoms with Crippen LogP contribution in [0.4, 0.5) is 17.1 Å². The molecule has 1 spiro atoms. The number of hydrogen-bond acceptors (Lipinski definition) is 6. The number of rotatable bonds is 3. The van der Waals surface area contributed by atoms with Gasteiger partial charge in [-0.3, -0.25) is 29.4 Å². The van der Waals surface area contributed by atoms with Crippen LogP contribution in [0.15, 0.2) is 42.5 Å². The molecule has 9 heteroatoms. The minimum Gasteiger partial charge on any atom is -0.310 e. The van der Waals surface area contributed by atoms with Gasteiger partial charge in [-0.25, -0.2) is 4.90 Å². The minimum atomic E-state index is -1.23. The molecule has 0 radical (unpaired) electrons. The van der Waals surface area contributed by atoms with E-state index in [1.165, 1.54) is 12.1 Å². The zero-order chi connectivity index (χ0) is 23.9. The predicted molar refractivity (Wildman–Crippen MR) is 123 cm³/mol. The molecule has 4 atom stereocenters. The largest absolute Gasteiger partial charge is 0.310 e. The summed E-state index contributed by atoms with van der Waals surface area (Å²) < 4.78 is 0. The Labute approximate surface area is 196 Å². The molecule has 9 nitrogen and oxygen atoms in total. The molecular formula is C25H24N4O5. The number of fused-ring (bicyclic) bond motifs is 7. The topological polar surface area (TPSA) is 104 Å². The Hall–Kier alpha value is -3.59. The molecule has 2 aromatic rings. The van der Waals surface area contributed by atoms with Gasteiger partial charge in [0.2, 0.25) is 11.8 Å². The van der Waals surface area contributed by atoms with E-state index in [9.17, 15) is 24.5 Å². The predicted octanol–water partition coefficient (Wildman–Crippen LogP) is 2.75. The van der Waals surface area contributed by atoms with Gasteiger partial charge in [0.1, 0.15) is 5.54 Å². The quantitative estimate of drug-likeness (QED) is 0.396. The van der Waals surface area contributed by atoms with Crippen LogP contribution in [-0.2, 0) is 19.9 Å². The van der Waals surface area contributed by atoms with Crippen molar-refractivity contribution in [1.82, 2.24) is 4.90 Å². The molecule has 4 heterocycles. The number of nitro groups is 1. The lowest BCUT2D eigenvalue weighted by atomic mass is 9.75. The molecule has 0 bridgehead atoms. The molecule has 3 fully saturated rings. The lowest BCUT2D eigenvalue weighted by Gasteiger charge is -2.37. The average molecular weight is 460 g/mol. The highest BCUT2D eigenvalue weighted by molar-refractivity contribution is 6.26. The number of anilines is 2. The number of hydrogen-bond donors (Lipinski definition) is 0. The van der Waals surface area contributed by atoms with Crippen molar-refractivity contribution in [1.29, 1.82) is 0 Å². The average Bonchev–Trinajstić information content (AvgIpc) is 3.52. The van der Waals surface area contributed by atoms with Gasteiger partial charge in [0, 0.05) is 29.9 Å². The van der Waals surface area contributed by atoms with E-state index >= 15 is 0 Å². The van der Waals surface area contributed by atoms with Gasteiger partial charge in [0.15, 0.2) is 0 Å². The molecule has 0 unspecified atom stereocenters. The number of nitrogens with zero attached hydrogens (tertiary/aromatic N) is 4. The second-order valence-electron chi connectivity index (χ2n) is 9.43. The Bertz CT molecular complexity index is 1290. The smallest absolute Gasteiger partial charge is 0.274 e. The summed E-state index contributed by atoms with van der Waals surface area (Å²) in [7, 11) is 0. The van der Waals surface area contributed by atoms with Gasteiger partial charge >= 0.3 is 0 Å². The molecule has 0 aliphatic carbocycles. The second kappa shape index (κ2) is 6.96. The minimum absolute atomic E-state index is 0.146. The monoisotopic (exact) mass is 460 g/mol. The van der Waals surface area contributed by atoms with E-state index in [-0.39, 0.29) is 34.8 Å². The number of nitro benzene ring substituents is 1. The lowest BCUT2D eigenvalue weighted by Crippen LogP contribution is -2.56. The van der Waals surface area contributed by atoms with E-state index in [4.69, 9.17) is 0 Å². The summed E-state index contributed by atoms with van der Waals surface area (Å²) in [6.07, 6.45) is 1.57. The Morgan fingerprint density at radius 2 is 1.79 bits per heavy atom. The molecule has 0 aromatic heterocycles. The zero-order valence-corrected chi connectivity index (χ0v) is 18.9. The normalized spacial score (nSPS) is 29.8. The maximum absolute atomic E-state index is 14.1. The Morgan fingerprint density at radius 3 is 2.53 bits per heavy atom. The first-order valence-corrected chi connectivity index (χ1v) is 11.7. The van der Waals surface area contributed by atoms with Gasteiger partial charge in [-0.15, -0.1) is 0 Å². The fourth-order valence-electron chi connectivity index (χ4n) is 6.94. The molecule has 34 heavy (non-hydrogen) atoms. The van der Waals surface area contributed by atoms with Crippen molar-refractivity contribution in [3.05, 3.63) is 63.7 Å². The summed E-state index contributed by atoms with van der Waals surface area (Å²) in [5, 5.41) is 11.5. The van der Waals surface area contributed by atoms with Crippen LogP contribution in [0, 0.1) is 28.9 Å². The van der Waals surface area contributed by atoms with E-state index in [0.717, 1.165) is 29.0 Å². The van der Waals surface area contributed by atoms with E-state index in [0.29, 0.717) is 13.1 Å². The maximum atomic E-state index is 14.1. The number of likely N-dealkylation sites (N-methyl/N-ethyl adjacent to an activating group) is 1. The molecule has 3 saturated heterocycles. The van der Waals surface area contributed by atoms with Gasteiger partial charge in [-0.2, -0.15) is 0 Å². The van der Waals surface area contributed by atoms with E-state index in [2.05, 4.69) is 4.90 Å². The number of para-hydroxylation sites is 1. The van der Waals surface area contributed by atoms with Crippen LogP contribution in [0.5, 0.6) is 0 Å². The van der Waals surface area contributed by atoms with Gasteiger partial charge in [-0.1, -0.05) is 24.3 Å². The van der Waals surface area contributed by atoms with Gasteiger partial charge in [-0.05, 0) is 45.4 Å². The third kappa shape index (κ3) is 2.25. The molecule has 3 amide bonds. The lowest BCUT2D eigenvalue weighted by molar-refractivity contribution is -0.385. The fourth-order valence-corrected chi connectivity index (χ4v) is 6.94. The van der Waals surface area contributed by atoms with Crippen LogP contribution >= 0.6 is 0 Å². The number of carbonyl (C=O) groups is 3. The van der Waals surface area contributed by atoms with Crippen molar-refractivity contribution in [2.75, 3.05) is 22.9 Å². The van der Waals surface area contributed by atoms with E-state index < -0.39 is 28.2 Å². The molecular weight excluding hydrogens is 436 g/mol. The first-order valence-electron chi connectivity index (χ1n) is 11.7. The van der Waals surface area contributed by atoms with Crippen molar-refractivity contribution in [2.24, 2.45) is 11.8 Å². The number of carbonyl (C=O) groups excluding carboxylic acids is 3. The first-order chi connectivity index (χ1) is 16.4. The number of benzene rings is 2. The molecule has 174 valence electrons. The Balaban J connectivity index is 1.56. The molecule has 4 aliphatic heterocycles. The highest BCUT2D eigenvalue weighted by Gasteiger charge is 2.75. The number of imide groups is 1. The van der Waals surface area contributed by atoms with Crippen LogP contribution in [0.25, 0.3) is 0 Å². The maximum Gasteiger partial charge on any atom is 0.274 e. The first kappa shape index (κ1) is 21.0. The SMILES string of the molecule is CCN1C(=O)[C@@]2(c3ccccc31)[C@@H]1C(=O)N(c3cccc([N+](=O)[O-])c3C)C(=O)[C@@H]1[C@H]1CCCN12. The van der Waals surface area contributed by atoms with Crippen molar-refractivity contribution in [2.45, 2.75) is 38.3 Å². The Morgan fingerprint density at radius 1 is 1.06 bits per heavy atom. The van der Waals surface area contributed by atoms with Crippen LogP contribution in [0.1, 0.15) is 30.9 Å². The highest BCUT2D eigenvalue weighted by atomic mass is 16.6. The molecule has 2 aromatic carbocycles. The molecule has 0 saturated carbocycles. The molecule has 6 rings (SSSR count). The summed E-state index contributed by atoms with van der Waals surface area (Å²) in [6.45, 7) is 4.56. The van der Waals surface area contributed by atoms with Gasteiger partial charge < -0.3 is 4.90 Å². The summed E-state index contributed by atoms with van der Waals surface area (Å²) >= 11 is 0. The second-order valence-corrected chi connectivity index (χ2v) is 9.43. The van der Waals surface area contributed by atoms with Crippen molar-refractivity contribution >= 4 is 34.8 Å². The van der Waals surface area contributed by atoms with Crippen molar-refractivity contribution < 1.29 is 19.3 Å². The van der Waals surface area contributed by atoms with Crippen LogP contribution < -0.4 is 9.80 Å². The highest BCUT2D eigenvalue weighted by Crippen LogP contribution is 2.62. The third-order valence-corrected chi connectivity index (χ3v) is 8.18. The Kier molecular flexibility index (Phi) is 4.29.